The molecule has 2 aliphatic rings. The molecule has 5 heteroatoms. The third kappa shape index (κ3) is 4.73. The van der Waals surface area contributed by atoms with Crippen LogP contribution >= 0.6 is 0 Å². The maximum Gasteiger partial charge on any atom is 0.222 e. The van der Waals surface area contributed by atoms with Crippen molar-refractivity contribution in [2.24, 2.45) is 11.8 Å². The van der Waals surface area contributed by atoms with Crippen molar-refractivity contribution in [3.63, 3.8) is 0 Å². The molecule has 0 aromatic heterocycles. The van der Waals surface area contributed by atoms with Crippen molar-refractivity contribution < 1.29 is 14.3 Å². The maximum absolute atomic E-state index is 12.0. The Hall–Kier alpha value is -1.59. The van der Waals surface area contributed by atoms with Crippen LogP contribution in [0.15, 0.2) is 24.3 Å². The zero-order chi connectivity index (χ0) is 17.8. The SMILES string of the molecule is COc1ccc(CN2CC[C@@H]3[C@@H](CO[C@H]3CC(=O)NC(C)C)C2)cc1. The fraction of sp³-hybridized carbons (Fsp3) is 0.650. The van der Waals surface area contributed by atoms with E-state index < -0.39 is 0 Å². The molecule has 1 aromatic rings. The van der Waals surface area contributed by atoms with E-state index in [1.165, 1.54) is 5.56 Å². The van der Waals surface area contributed by atoms with Crippen LogP contribution in [0.25, 0.3) is 0 Å². The Labute approximate surface area is 150 Å². The molecule has 1 N–H and O–H groups in total. The number of hydrogen-bond acceptors (Lipinski definition) is 4. The molecule has 25 heavy (non-hydrogen) atoms. The van der Waals surface area contributed by atoms with Gasteiger partial charge in [-0.15, -0.1) is 0 Å². The molecule has 0 saturated carbocycles. The molecule has 5 nitrogen and oxygen atoms in total. The van der Waals surface area contributed by atoms with Crippen LogP contribution in [0.5, 0.6) is 5.75 Å². The number of amides is 1. The van der Waals surface area contributed by atoms with E-state index in [1.807, 2.05) is 26.0 Å². The summed E-state index contributed by atoms with van der Waals surface area (Å²) in [6.07, 6.45) is 1.70. The summed E-state index contributed by atoms with van der Waals surface area (Å²) >= 11 is 0. The minimum absolute atomic E-state index is 0.0897. The van der Waals surface area contributed by atoms with Crippen LogP contribution in [0.4, 0.5) is 0 Å². The van der Waals surface area contributed by atoms with Gasteiger partial charge in [-0.25, -0.2) is 0 Å². The predicted molar refractivity (Wildman–Crippen MR) is 97.5 cm³/mol. The molecule has 2 saturated heterocycles. The molecule has 1 aromatic carbocycles. The summed E-state index contributed by atoms with van der Waals surface area (Å²) in [5, 5.41) is 2.98. The number of hydrogen-bond donors (Lipinski definition) is 1. The number of nitrogens with one attached hydrogen (secondary N) is 1. The largest absolute Gasteiger partial charge is 0.497 e. The van der Waals surface area contributed by atoms with Gasteiger partial charge >= 0.3 is 0 Å². The fourth-order valence-electron chi connectivity index (χ4n) is 4.07. The number of benzene rings is 1. The molecular formula is C20H30N2O3. The summed E-state index contributed by atoms with van der Waals surface area (Å²) < 4.78 is 11.2. The number of ether oxygens (including phenoxy) is 2. The lowest BCUT2D eigenvalue weighted by molar-refractivity contribution is -0.124. The van der Waals surface area contributed by atoms with Crippen molar-refractivity contribution in [1.82, 2.24) is 10.2 Å². The second-order valence-corrected chi connectivity index (χ2v) is 7.59. The number of fused-ring (bicyclic) bond motifs is 1. The van der Waals surface area contributed by atoms with Gasteiger partial charge in [-0.3, -0.25) is 9.69 Å². The van der Waals surface area contributed by atoms with E-state index in [-0.39, 0.29) is 18.1 Å². The van der Waals surface area contributed by atoms with Crippen LogP contribution in [0.3, 0.4) is 0 Å². The van der Waals surface area contributed by atoms with E-state index >= 15 is 0 Å². The number of likely N-dealkylation sites (tertiary alicyclic amines) is 1. The van der Waals surface area contributed by atoms with Gasteiger partial charge in [0.15, 0.2) is 0 Å². The highest BCUT2D eigenvalue weighted by Gasteiger charge is 2.41. The molecule has 2 fully saturated rings. The van der Waals surface area contributed by atoms with Gasteiger partial charge in [0.1, 0.15) is 5.75 Å². The Morgan fingerprint density at radius 2 is 2.12 bits per heavy atom. The molecule has 3 atom stereocenters. The lowest BCUT2D eigenvalue weighted by atomic mass is 9.83. The Morgan fingerprint density at radius 1 is 1.36 bits per heavy atom. The lowest BCUT2D eigenvalue weighted by Gasteiger charge is -2.35. The molecule has 0 radical (unpaired) electrons. The first-order valence-corrected chi connectivity index (χ1v) is 9.31. The van der Waals surface area contributed by atoms with Crippen LogP contribution in [0.1, 0.15) is 32.3 Å². The van der Waals surface area contributed by atoms with Gasteiger partial charge in [0.05, 0.1) is 26.2 Å². The minimum atomic E-state index is 0.0897. The second kappa shape index (κ2) is 8.19. The summed E-state index contributed by atoms with van der Waals surface area (Å²) in [5.41, 5.74) is 1.31. The topological polar surface area (TPSA) is 50.8 Å². The number of methoxy groups -OCH3 is 1. The zero-order valence-corrected chi connectivity index (χ0v) is 15.5. The van der Waals surface area contributed by atoms with Crippen molar-refractivity contribution in [2.45, 2.75) is 45.4 Å². The van der Waals surface area contributed by atoms with Crippen molar-refractivity contribution in [2.75, 3.05) is 26.8 Å². The summed E-state index contributed by atoms with van der Waals surface area (Å²) in [6.45, 7) is 7.86. The molecule has 0 spiro atoms. The number of nitrogens with zero attached hydrogens (tertiary/aromatic N) is 1. The fourth-order valence-corrected chi connectivity index (χ4v) is 4.07. The third-order valence-corrected chi connectivity index (χ3v) is 5.28. The average Bonchev–Trinajstić information content (AvgIpc) is 2.97. The van der Waals surface area contributed by atoms with E-state index in [2.05, 4.69) is 22.3 Å². The first-order valence-electron chi connectivity index (χ1n) is 9.31. The Morgan fingerprint density at radius 3 is 2.80 bits per heavy atom. The van der Waals surface area contributed by atoms with Crippen molar-refractivity contribution >= 4 is 5.91 Å². The third-order valence-electron chi connectivity index (χ3n) is 5.28. The van der Waals surface area contributed by atoms with Gasteiger partial charge in [0, 0.05) is 25.0 Å². The summed E-state index contributed by atoms with van der Waals surface area (Å²) in [5.74, 6) is 2.07. The van der Waals surface area contributed by atoms with Gasteiger partial charge < -0.3 is 14.8 Å². The van der Waals surface area contributed by atoms with E-state index in [9.17, 15) is 4.79 Å². The Balaban J connectivity index is 1.50. The Bertz CT molecular complexity index is 573. The molecule has 3 rings (SSSR count). The smallest absolute Gasteiger partial charge is 0.222 e. The van der Waals surface area contributed by atoms with Crippen LogP contribution in [0.2, 0.25) is 0 Å². The molecule has 0 bridgehead atoms. The van der Waals surface area contributed by atoms with Crippen molar-refractivity contribution in [3.8, 4) is 5.75 Å². The zero-order valence-electron chi connectivity index (χ0n) is 15.5. The predicted octanol–water partition coefficient (Wildman–Crippen LogP) is 2.45. The minimum Gasteiger partial charge on any atom is -0.497 e. The Kier molecular flexibility index (Phi) is 5.97. The summed E-state index contributed by atoms with van der Waals surface area (Å²) in [6, 6.07) is 8.49. The number of piperidine rings is 1. The highest BCUT2D eigenvalue weighted by Crippen LogP contribution is 2.36. The molecule has 2 aliphatic heterocycles. The van der Waals surface area contributed by atoms with E-state index in [0.29, 0.717) is 18.3 Å². The van der Waals surface area contributed by atoms with Gasteiger partial charge in [-0.05, 0) is 50.4 Å². The van der Waals surface area contributed by atoms with Crippen LogP contribution in [-0.2, 0) is 16.1 Å². The quantitative estimate of drug-likeness (QED) is 0.860. The van der Waals surface area contributed by atoms with Crippen molar-refractivity contribution in [3.05, 3.63) is 29.8 Å². The molecule has 0 unspecified atom stereocenters. The van der Waals surface area contributed by atoms with Gasteiger partial charge in [0.25, 0.3) is 0 Å². The van der Waals surface area contributed by atoms with E-state index in [0.717, 1.165) is 38.4 Å². The number of carbonyl (C=O) groups excluding carboxylic acids is 1. The van der Waals surface area contributed by atoms with E-state index in [1.54, 1.807) is 7.11 Å². The highest BCUT2D eigenvalue weighted by atomic mass is 16.5. The average molecular weight is 346 g/mol. The summed E-state index contributed by atoms with van der Waals surface area (Å²) in [7, 11) is 1.69. The second-order valence-electron chi connectivity index (χ2n) is 7.59. The monoisotopic (exact) mass is 346 g/mol. The van der Waals surface area contributed by atoms with Gasteiger partial charge in [-0.1, -0.05) is 12.1 Å². The molecule has 2 heterocycles. The highest BCUT2D eigenvalue weighted by molar-refractivity contribution is 5.76. The normalized spacial score (nSPS) is 26.5. The standard InChI is InChI=1S/C20H30N2O3/c1-14(2)21-20(23)10-19-18-8-9-22(12-16(18)13-25-19)11-15-4-6-17(24-3)7-5-15/h4-7,14,16,18-19H,8-13H2,1-3H3,(H,21,23)/t16-,18-,19+/m1/s1. The first kappa shape index (κ1) is 18.2. The number of rotatable bonds is 6. The maximum atomic E-state index is 12.0. The number of carbonyl (C=O) groups is 1. The molecule has 1 amide bonds. The van der Waals surface area contributed by atoms with Crippen LogP contribution < -0.4 is 10.1 Å². The molecular weight excluding hydrogens is 316 g/mol. The first-order chi connectivity index (χ1) is 12.0. The van der Waals surface area contributed by atoms with Crippen molar-refractivity contribution in [1.29, 1.82) is 0 Å². The summed E-state index contributed by atoms with van der Waals surface area (Å²) in [4.78, 5) is 14.5. The lowest BCUT2D eigenvalue weighted by Crippen LogP contribution is -2.42. The van der Waals surface area contributed by atoms with E-state index in [4.69, 9.17) is 9.47 Å². The molecule has 0 aliphatic carbocycles. The van der Waals surface area contributed by atoms with Crippen LogP contribution in [-0.4, -0.2) is 49.8 Å². The molecule has 138 valence electrons. The van der Waals surface area contributed by atoms with Crippen LogP contribution in [0, 0.1) is 11.8 Å². The van der Waals surface area contributed by atoms with Gasteiger partial charge in [-0.2, -0.15) is 0 Å². The van der Waals surface area contributed by atoms with Gasteiger partial charge in [0.2, 0.25) is 5.91 Å².